The van der Waals surface area contributed by atoms with Crippen LogP contribution in [-0.2, 0) is 35.4 Å². The number of hydrogen-bond donors (Lipinski definition) is 1. The third-order valence-electron chi connectivity index (χ3n) is 8.55. The average Bonchev–Trinajstić information content (AvgIpc) is 3.69. The molecule has 0 saturated carbocycles. The number of ether oxygens (including phenoxy) is 5. The maximum Gasteiger partial charge on any atom is 0.301 e. The highest BCUT2D eigenvalue weighted by Crippen LogP contribution is 2.34. The Bertz CT molecular complexity index is 1700. The summed E-state index contributed by atoms with van der Waals surface area (Å²) in [5, 5.41) is 10.4. The van der Waals surface area contributed by atoms with Gasteiger partial charge in [-0.05, 0) is 37.1 Å². The van der Waals surface area contributed by atoms with E-state index in [9.17, 15) is 14.1 Å². The van der Waals surface area contributed by atoms with Crippen molar-refractivity contribution < 1.29 is 37.8 Å². The second-order valence-corrected chi connectivity index (χ2v) is 21.9. The Labute approximate surface area is 274 Å². The van der Waals surface area contributed by atoms with E-state index in [1.54, 1.807) is 41.2 Å². The molecule has 250 valence electrons. The molecule has 12 nitrogen and oxygen atoms in total. The molecule has 15 heteroatoms. The predicted molar refractivity (Wildman–Crippen MR) is 177 cm³/mol. The van der Waals surface area contributed by atoms with Crippen molar-refractivity contribution in [2.24, 2.45) is 4.36 Å². The summed E-state index contributed by atoms with van der Waals surface area (Å²) in [6.07, 6.45) is 0.783. The molecule has 3 fully saturated rings. The molecule has 2 aromatic heterocycles. The maximum atomic E-state index is 13.2. The van der Waals surface area contributed by atoms with Crippen LogP contribution in [0.25, 0.3) is 22.4 Å². The lowest BCUT2D eigenvalue weighted by molar-refractivity contribution is 0.00336. The number of carbonyl (C=O) groups excluding carboxylic acids is 1. The zero-order valence-electron chi connectivity index (χ0n) is 26.5. The van der Waals surface area contributed by atoms with E-state index in [0.717, 1.165) is 6.04 Å². The maximum absolute atomic E-state index is 13.2. The molecule has 5 heterocycles. The molecular formula is C31H41ClN4O8SSi. The molecule has 1 unspecified atom stereocenters. The number of rotatable bonds is 10. The van der Waals surface area contributed by atoms with Crippen LogP contribution in [-0.4, -0.2) is 107 Å². The van der Waals surface area contributed by atoms with Crippen molar-refractivity contribution in [2.45, 2.75) is 74.9 Å². The van der Waals surface area contributed by atoms with Crippen molar-refractivity contribution in [2.75, 3.05) is 39.3 Å². The Kier molecular flexibility index (Phi) is 9.89. The predicted octanol–water partition coefficient (Wildman–Crippen LogP) is 4.39. The van der Waals surface area contributed by atoms with Gasteiger partial charge in [-0.15, -0.1) is 0 Å². The van der Waals surface area contributed by atoms with E-state index in [4.69, 9.17) is 45.3 Å². The van der Waals surface area contributed by atoms with Crippen LogP contribution in [0.2, 0.25) is 30.7 Å². The number of aliphatic hydroxyl groups is 1. The van der Waals surface area contributed by atoms with Crippen LogP contribution >= 0.6 is 11.6 Å². The molecule has 0 radical (unpaired) electrons. The minimum absolute atomic E-state index is 0.161. The lowest BCUT2D eigenvalue weighted by atomic mass is 10.1. The molecule has 3 saturated heterocycles. The van der Waals surface area contributed by atoms with E-state index in [1.807, 2.05) is 0 Å². The highest BCUT2D eigenvalue weighted by Gasteiger charge is 2.49. The number of fused-ring (bicyclic) bond motifs is 2. The van der Waals surface area contributed by atoms with Gasteiger partial charge in [-0.1, -0.05) is 43.4 Å². The second-order valence-electron chi connectivity index (χ2n) is 13.3. The summed E-state index contributed by atoms with van der Waals surface area (Å²) in [7, 11) is -4.02. The minimum atomic E-state index is -2.71. The molecule has 0 aliphatic carbocycles. The summed E-state index contributed by atoms with van der Waals surface area (Å²) in [6.45, 7) is 9.12. The van der Waals surface area contributed by atoms with Crippen molar-refractivity contribution in [3.63, 3.8) is 0 Å². The normalized spacial score (nSPS) is 25.0. The second kappa shape index (κ2) is 13.6. The molecule has 0 bridgehead atoms. The Morgan fingerprint density at radius 1 is 1.13 bits per heavy atom. The number of benzene rings is 1. The Balaban J connectivity index is 1.27. The van der Waals surface area contributed by atoms with Crippen molar-refractivity contribution in [1.82, 2.24) is 14.5 Å². The first-order valence-electron chi connectivity index (χ1n) is 15.6. The summed E-state index contributed by atoms with van der Waals surface area (Å²) in [5.74, 6) is -0.521. The molecule has 3 aromatic rings. The zero-order chi connectivity index (χ0) is 32.6. The number of carbonyl (C=O) groups is 1. The van der Waals surface area contributed by atoms with Crippen molar-refractivity contribution >= 4 is 46.5 Å². The number of halogens is 1. The summed E-state index contributed by atoms with van der Waals surface area (Å²) >= 11 is 6.73. The highest BCUT2D eigenvalue weighted by molar-refractivity contribution is 7.93. The molecule has 3 aliphatic heterocycles. The third kappa shape index (κ3) is 7.34. The van der Waals surface area contributed by atoms with Crippen LogP contribution < -0.4 is 4.74 Å². The van der Waals surface area contributed by atoms with Gasteiger partial charge in [-0.2, -0.15) is 9.35 Å². The number of hydrogen-bond acceptors (Lipinski definition) is 10. The summed E-state index contributed by atoms with van der Waals surface area (Å²) in [6, 6.07) is 9.78. The molecule has 1 amide bonds. The minimum Gasteiger partial charge on any atom is -0.456 e. The van der Waals surface area contributed by atoms with Gasteiger partial charge in [0.05, 0.1) is 33.7 Å². The first-order chi connectivity index (χ1) is 21.9. The molecule has 1 N–H and O–H groups in total. The van der Waals surface area contributed by atoms with Gasteiger partial charge in [0.25, 0.3) is 5.91 Å². The Morgan fingerprint density at radius 3 is 2.57 bits per heavy atom. The molecule has 0 spiro atoms. The molecule has 5 atom stereocenters. The number of imidazole rings is 1. The van der Waals surface area contributed by atoms with E-state index in [2.05, 4.69) is 24.0 Å². The number of amides is 1. The van der Waals surface area contributed by atoms with Gasteiger partial charge in [-0.3, -0.25) is 9.36 Å². The monoisotopic (exact) mass is 692 g/mol. The largest absolute Gasteiger partial charge is 0.456 e. The van der Waals surface area contributed by atoms with E-state index in [0.29, 0.717) is 71.7 Å². The number of nitrogens with zero attached hydrogens (tertiary/aromatic N) is 4. The van der Waals surface area contributed by atoms with Crippen LogP contribution in [0.5, 0.6) is 6.01 Å². The van der Waals surface area contributed by atoms with Crippen molar-refractivity contribution in [3.05, 3.63) is 40.9 Å². The van der Waals surface area contributed by atoms with E-state index in [1.165, 1.54) is 0 Å². The van der Waals surface area contributed by atoms with Crippen LogP contribution in [0.1, 0.15) is 23.2 Å². The van der Waals surface area contributed by atoms with Crippen LogP contribution in [0.15, 0.2) is 34.7 Å². The molecular weight excluding hydrogens is 652 g/mol. The van der Waals surface area contributed by atoms with Gasteiger partial charge < -0.3 is 28.8 Å². The number of pyridine rings is 1. The first-order valence-corrected chi connectivity index (χ1v) is 21.6. The first kappa shape index (κ1) is 33.5. The van der Waals surface area contributed by atoms with E-state index < -0.39 is 48.1 Å². The SMILES string of the molecule is C[Si](C)(C)CCOCn1c(O[C@@H]2CO[C@H]3[C@@H]2OC[C@H]3O)nc2cc(Cl)c(-c3ccc(C(=O)N=S(C)(=O)C4CCOCC4)cc3)nc21. The molecule has 1 aromatic carbocycles. The summed E-state index contributed by atoms with van der Waals surface area (Å²) in [5.41, 5.74) is 2.54. The quantitative estimate of drug-likeness (QED) is 0.240. The Morgan fingerprint density at radius 2 is 1.85 bits per heavy atom. The fraction of sp³-hybridized carbons (Fsp3) is 0.581. The molecule has 46 heavy (non-hydrogen) atoms. The van der Waals surface area contributed by atoms with Gasteiger partial charge >= 0.3 is 6.01 Å². The van der Waals surface area contributed by atoms with Crippen LogP contribution in [0.3, 0.4) is 0 Å². The zero-order valence-corrected chi connectivity index (χ0v) is 29.1. The van der Waals surface area contributed by atoms with Gasteiger partial charge in [0, 0.05) is 50.5 Å². The lowest BCUT2D eigenvalue weighted by Crippen LogP contribution is -2.35. The van der Waals surface area contributed by atoms with Crippen LogP contribution in [0.4, 0.5) is 0 Å². The molecule has 3 aliphatic rings. The standard InChI is InChI=1S/C31H41ClN4O8SSi/c1-45(39,21-9-11-40-12-10-21)35-30(38)20-7-5-19(6-8-20)26-22(32)15-23-29(34-26)36(18-41-13-14-46(2,3)4)31(33-23)44-25-17-43-27-24(37)16-42-28(25)27/h5-8,15,21,24-25,27-28,37H,9-14,16-18H2,1-4H3/t24-,25-,27-,28-,45?/m1/s1. The van der Waals surface area contributed by atoms with Gasteiger partial charge in [0.1, 0.15) is 30.6 Å². The lowest BCUT2D eigenvalue weighted by Gasteiger charge is -2.22. The Hall–Kier alpha value is -2.43. The van der Waals surface area contributed by atoms with Gasteiger partial charge in [-0.25, -0.2) is 9.19 Å². The van der Waals surface area contributed by atoms with Crippen molar-refractivity contribution in [1.29, 1.82) is 0 Å². The highest BCUT2D eigenvalue weighted by atomic mass is 35.5. The summed E-state index contributed by atoms with van der Waals surface area (Å²) < 4.78 is 48.4. The van der Waals surface area contributed by atoms with Crippen LogP contribution in [0, 0.1) is 0 Å². The van der Waals surface area contributed by atoms with Gasteiger partial charge in [0.15, 0.2) is 11.8 Å². The fourth-order valence-corrected chi connectivity index (χ4v) is 8.47. The summed E-state index contributed by atoms with van der Waals surface area (Å²) in [4.78, 5) is 22.6. The third-order valence-corrected chi connectivity index (χ3v) is 12.8. The smallest absolute Gasteiger partial charge is 0.301 e. The average molecular weight is 693 g/mol. The topological polar surface area (TPSA) is 144 Å². The number of aliphatic hydroxyl groups excluding tert-OH is 1. The number of aromatic nitrogens is 3. The fourth-order valence-electron chi connectivity index (χ4n) is 5.80. The van der Waals surface area contributed by atoms with Gasteiger partial charge in [0.2, 0.25) is 0 Å². The van der Waals surface area contributed by atoms with E-state index >= 15 is 0 Å². The van der Waals surface area contributed by atoms with Crippen molar-refractivity contribution in [3.8, 4) is 17.3 Å². The molecule has 6 rings (SSSR count). The van der Waals surface area contributed by atoms with E-state index in [-0.39, 0.29) is 25.2 Å².